The number of carboxylic acid groups (broad SMARTS) is 1. The Morgan fingerprint density at radius 3 is 2.70 bits per heavy atom. The summed E-state index contributed by atoms with van der Waals surface area (Å²) in [5.74, 6) is 4.88. The van der Waals surface area contributed by atoms with Gasteiger partial charge in [-0.25, -0.2) is 4.79 Å². The third kappa shape index (κ3) is 3.38. The molecule has 1 saturated carbocycles. The molecule has 2 aliphatic rings. The first-order valence-corrected chi connectivity index (χ1v) is 10.3. The average Bonchev–Trinajstić information content (AvgIpc) is 3.52. The number of aromatic nitrogens is 1. The van der Waals surface area contributed by atoms with Crippen LogP contribution in [0.4, 0.5) is 0 Å². The molecule has 1 aliphatic carbocycles. The molecule has 2 aromatic rings. The number of rotatable bonds is 4. The van der Waals surface area contributed by atoms with Crippen LogP contribution in [0, 0.1) is 11.8 Å². The molecule has 2 heterocycles. The van der Waals surface area contributed by atoms with E-state index in [9.17, 15) is 14.7 Å². The zero-order valence-corrected chi connectivity index (χ0v) is 17.9. The predicted octanol–water partition coefficient (Wildman–Crippen LogP) is 3.65. The van der Waals surface area contributed by atoms with Crippen LogP contribution in [-0.4, -0.2) is 34.5 Å². The standard InChI is InChI=1S/C23H23ClN2O4/c1-4-23(7-8-23)26-12-16-9-15(6-5-14(2)30-3)19(24)10-17(16)20-11-21(27)18(22(28)29)13-25(20)26/h9-11,13-14H,4,7-8,12H2,1-3H3,(H,28,29). The van der Waals surface area contributed by atoms with Crippen molar-refractivity contribution in [1.29, 1.82) is 0 Å². The number of fused-ring (bicyclic) bond motifs is 3. The van der Waals surface area contributed by atoms with Gasteiger partial charge in [0.25, 0.3) is 0 Å². The number of halogens is 1. The highest BCUT2D eigenvalue weighted by atomic mass is 35.5. The van der Waals surface area contributed by atoms with Crippen molar-refractivity contribution < 1.29 is 14.6 Å². The van der Waals surface area contributed by atoms with Gasteiger partial charge in [0, 0.05) is 30.5 Å². The molecule has 1 unspecified atom stereocenters. The molecule has 1 aliphatic heterocycles. The van der Waals surface area contributed by atoms with E-state index in [0.29, 0.717) is 22.8 Å². The van der Waals surface area contributed by atoms with Gasteiger partial charge in [0.2, 0.25) is 0 Å². The van der Waals surface area contributed by atoms with Gasteiger partial charge >= 0.3 is 5.97 Å². The number of carbonyl (C=O) groups is 1. The molecule has 0 amide bonds. The monoisotopic (exact) mass is 426 g/mol. The largest absolute Gasteiger partial charge is 0.477 e. The minimum Gasteiger partial charge on any atom is -0.477 e. The minimum absolute atomic E-state index is 0.0344. The molecular weight excluding hydrogens is 404 g/mol. The van der Waals surface area contributed by atoms with Crippen LogP contribution in [0.15, 0.2) is 29.2 Å². The summed E-state index contributed by atoms with van der Waals surface area (Å²) in [5, 5.41) is 12.1. The molecule has 30 heavy (non-hydrogen) atoms. The summed E-state index contributed by atoms with van der Waals surface area (Å²) in [6, 6.07) is 5.17. The van der Waals surface area contributed by atoms with Crippen LogP contribution < -0.4 is 10.4 Å². The molecular formula is C23H23ClN2O4. The Morgan fingerprint density at radius 1 is 1.37 bits per heavy atom. The molecule has 0 radical (unpaired) electrons. The molecule has 4 rings (SSSR count). The van der Waals surface area contributed by atoms with E-state index in [1.807, 2.05) is 23.7 Å². The van der Waals surface area contributed by atoms with Crippen LogP contribution in [0.5, 0.6) is 0 Å². The Hall–Kier alpha value is -2.75. The van der Waals surface area contributed by atoms with Crippen LogP contribution in [0.1, 0.15) is 54.6 Å². The Morgan fingerprint density at radius 2 is 2.10 bits per heavy atom. The van der Waals surface area contributed by atoms with Crippen molar-refractivity contribution in [1.82, 2.24) is 4.68 Å². The first-order chi connectivity index (χ1) is 14.3. The van der Waals surface area contributed by atoms with Crippen molar-refractivity contribution in [3.8, 4) is 23.1 Å². The number of pyridine rings is 1. The maximum Gasteiger partial charge on any atom is 0.341 e. The van der Waals surface area contributed by atoms with Gasteiger partial charge in [-0.15, -0.1) is 0 Å². The van der Waals surface area contributed by atoms with E-state index < -0.39 is 11.4 Å². The molecule has 1 atom stereocenters. The number of benzene rings is 1. The fraction of sp³-hybridized carbons (Fsp3) is 0.391. The van der Waals surface area contributed by atoms with Crippen LogP contribution in [0.3, 0.4) is 0 Å². The van der Waals surface area contributed by atoms with Gasteiger partial charge in [0.1, 0.15) is 11.7 Å². The van der Waals surface area contributed by atoms with Gasteiger partial charge in [-0.3, -0.25) is 9.47 Å². The SMILES string of the molecule is CCC1(N2Cc3cc(C#CC(C)OC)c(Cl)cc3-c3cc(=O)c(C(=O)O)cn32)CC1. The first kappa shape index (κ1) is 20.5. The maximum absolute atomic E-state index is 12.5. The number of aromatic carboxylic acids is 1. The van der Waals surface area contributed by atoms with Crippen molar-refractivity contribution in [2.45, 2.75) is 51.3 Å². The second-order valence-corrected chi connectivity index (χ2v) is 8.27. The lowest BCUT2D eigenvalue weighted by atomic mass is 9.97. The topological polar surface area (TPSA) is 71.8 Å². The Balaban J connectivity index is 1.91. The number of hydrogen-bond acceptors (Lipinski definition) is 4. The van der Waals surface area contributed by atoms with Crippen molar-refractivity contribution in [2.75, 3.05) is 12.1 Å². The van der Waals surface area contributed by atoms with Gasteiger partial charge in [-0.05, 0) is 43.9 Å². The van der Waals surface area contributed by atoms with Crippen molar-refractivity contribution in [3.05, 3.63) is 56.3 Å². The van der Waals surface area contributed by atoms with Crippen LogP contribution in [-0.2, 0) is 11.3 Å². The molecule has 0 saturated heterocycles. The third-order valence-corrected chi connectivity index (χ3v) is 6.42. The van der Waals surface area contributed by atoms with Crippen molar-refractivity contribution >= 4 is 17.6 Å². The van der Waals surface area contributed by atoms with Crippen LogP contribution >= 0.6 is 11.6 Å². The zero-order valence-electron chi connectivity index (χ0n) is 17.2. The van der Waals surface area contributed by atoms with E-state index in [1.165, 1.54) is 12.3 Å². The van der Waals surface area contributed by atoms with E-state index in [2.05, 4.69) is 23.8 Å². The molecule has 156 valence electrons. The normalized spacial score (nSPS) is 16.7. The van der Waals surface area contributed by atoms with E-state index in [1.54, 1.807) is 7.11 Å². The average molecular weight is 427 g/mol. The highest BCUT2D eigenvalue weighted by Crippen LogP contribution is 2.47. The van der Waals surface area contributed by atoms with Crippen LogP contribution in [0.2, 0.25) is 5.02 Å². The molecule has 1 aromatic carbocycles. The van der Waals surface area contributed by atoms with Gasteiger partial charge in [-0.1, -0.05) is 30.4 Å². The van der Waals surface area contributed by atoms with E-state index in [0.717, 1.165) is 30.4 Å². The lowest BCUT2D eigenvalue weighted by molar-refractivity contribution is 0.0694. The third-order valence-electron chi connectivity index (χ3n) is 6.11. The fourth-order valence-electron chi connectivity index (χ4n) is 3.98. The van der Waals surface area contributed by atoms with Crippen molar-refractivity contribution in [2.24, 2.45) is 0 Å². The molecule has 6 nitrogen and oxygen atoms in total. The van der Waals surface area contributed by atoms with Gasteiger partial charge in [0.15, 0.2) is 5.43 Å². The van der Waals surface area contributed by atoms with Gasteiger partial charge in [-0.2, -0.15) is 0 Å². The molecule has 7 heteroatoms. The minimum atomic E-state index is -1.22. The number of methoxy groups -OCH3 is 1. The predicted molar refractivity (Wildman–Crippen MR) is 116 cm³/mol. The molecule has 1 N–H and O–H groups in total. The van der Waals surface area contributed by atoms with Gasteiger partial charge < -0.3 is 14.9 Å². The van der Waals surface area contributed by atoms with E-state index in [4.69, 9.17) is 16.3 Å². The summed E-state index contributed by atoms with van der Waals surface area (Å²) >= 11 is 6.50. The van der Waals surface area contributed by atoms with Crippen LogP contribution in [0.25, 0.3) is 11.3 Å². The lowest BCUT2D eigenvalue weighted by Crippen LogP contribution is -2.48. The Bertz CT molecular complexity index is 1150. The molecule has 0 spiro atoms. The second-order valence-electron chi connectivity index (χ2n) is 7.86. The quantitative estimate of drug-likeness (QED) is 0.755. The number of nitrogens with zero attached hydrogens (tertiary/aromatic N) is 2. The molecule has 1 aromatic heterocycles. The first-order valence-electron chi connectivity index (χ1n) is 9.94. The molecule has 1 fully saturated rings. The second kappa shape index (κ2) is 7.50. The highest BCUT2D eigenvalue weighted by Gasteiger charge is 2.48. The zero-order chi connectivity index (χ0) is 21.6. The summed E-state index contributed by atoms with van der Waals surface area (Å²) in [6.07, 6.45) is 4.22. The Kier molecular flexibility index (Phi) is 5.13. The summed E-state index contributed by atoms with van der Waals surface area (Å²) < 4.78 is 7.02. The maximum atomic E-state index is 12.5. The number of hydrogen-bond donors (Lipinski definition) is 1. The summed E-state index contributed by atoms with van der Waals surface area (Å²) in [7, 11) is 1.60. The molecule has 0 bridgehead atoms. The summed E-state index contributed by atoms with van der Waals surface area (Å²) in [6.45, 7) is 4.58. The summed E-state index contributed by atoms with van der Waals surface area (Å²) in [4.78, 5) is 24.0. The number of ether oxygens (including phenoxy) is 1. The highest BCUT2D eigenvalue weighted by molar-refractivity contribution is 6.32. The smallest absolute Gasteiger partial charge is 0.341 e. The fourth-order valence-corrected chi connectivity index (χ4v) is 4.19. The Labute approximate surface area is 180 Å². The number of carboxylic acids is 1. The van der Waals surface area contributed by atoms with E-state index >= 15 is 0 Å². The lowest BCUT2D eigenvalue weighted by Gasteiger charge is -2.41. The van der Waals surface area contributed by atoms with E-state index in [-0.39, 0.29) is 17.2 Å². The van der Waals surface area contributed by atoms with Gasteiger partial charge in [0.05, 0.1) is 22.8 Å². The van der Waals surface area contributed by atoms with Crippen molar-refractivity contribution in [3.63, 3.8) is 0 Å². The summed E-state index contributed by atoms with van der Waals surface area (Å²) in [5.41, 5.74) is 2.40.